The summed E-state index contributed by atoms with van der Waals surface area (Å²) in [6, 6.07) is 10.2. The minimum absolute atomic E-state index is 0.0293. The molecule has 14 heavy (non-hydrogen) atoms. The minimum atomic E-state index is -0.0293. The monoisotopic (exact) mass is 269 g/mol. The average molecular weight is 270 g/mol. The first-order chi connectivity index (χ1) is 6.86. The molecular weight excluding hydrogens is 255 g/mol. The van der Waals surface area contributed by atoms with Crippen LogP contribution in [0.4, 0.5) is 0 Å². The molecule has 75 valence electrons. The number of rotatable bonds is 6. The molecule has 0 N–H and O–H groups in total. The zero-order chi connectivity index (χ0) is 10.2. The van der Waals surface area contributed by atoms with Gasteiger partial charge in [-0.25, -0.2) is 0 Å². The Kier molecular flexibility index (Phi) is 6.33. The van der Waals surface area contributed by atoms with Crippen LogP contribution in [0.2, 0.25) is 0 Å². The molecule has 0 aromatic heterocycles. The fourth-order valence-electron chi connectivity index (χ4n) is 1.18. The van der Waals surface area contributed by atoms with E-state index in [0.717, 1.165) is 38.0 Å². The Morgan fingerprint density at radius 2 is 2.00 bits per heavy atom. The van der Waals surface area contributed by atoms with E-state index in [1.165, 1.54) is 5.56 Å². The van der Waals surface area contributed by atoms with Gasteiger partial charge in [-0.2, -0.15) is 0 Å². The Bertz CT molecular complexity index is 238. The standard InChI is InChI=1S/C11H15O2.Zr/c1-2-6-11(12)13-9-10-7-4-3-5-8-10;/h3-5,7-8,11H,2,6,9H2,1H3;/q-1;+1. The van der Waals surface area contributed by atoms with Crippen LogP contribution in [0.15, 0.2) is 30.3 Å². The summed E-state index contributed by atoms with van der Waals surface area (Å²) >= 11 is 1.07. The van der Waals surface area contributed by atoms with Crippen molar-refractivity contribution in [2.24, 2.45) is 0 Å². The normalized spacial score (nSPS) is 12.6. The van der Waals surface area contributed by atoms with Crippen molar-refractivity contribution in [1.29, 1.82) is 0 Å². The molecule has 0 amide bonds. The van der Waals surface area contributed by atoms with Gasteiger partial charge in [0.2, 0.25) is 0 Å². The molecule has 2 nitrogen and oxygen atoms in total. The molecule has 0 aliphatic heterocycles. The van der Waals surface area contributed by atoms with E-state index in [2.05, 4.69) is 19.1 Å². The quantitative estimate of drug-likeness (QED) is 0.740. The number of ether oxygens (including phenoxy) is 1. The molecule has 1 aromatic carbocycles. The van der Waals surface area contributed by atoms with Crippen molar-refractivity contribution in [1.82, 2.24) is 0 Å². The van der Waals surface area contributed by atoms with Crippen molar-refractivity contribution in [3.63, 3.8) is 0 Å². The zero-order valence-corrected chi connectivity index (χ0v) is 10.9. The third kappa shape index (κ3) is 4.50. The third-order valence-corrected chi connectivity index (χ3v) is 2.58. The van der Waals surface area contributed by atoms with Crippen molar-refractivity contribution in [3.8, 4) is 0 Å². The Balaban J connectivity index is 2.32. The first kappa shape index (κ1) is 12.1. The number of hydrogen-bond donors (Lipinski definition) is 0. The summed E-state index contributed by atoms with van der Waals surface area (Å²) in [5.74, 6) is 0. The topological polar surface area (TPSA) is 18.5 Å². The van der Waals surface area contributed by atoms with Crippen molar-refractivity contribution >= 4 is 0 Å². The Morgan fingerprint density at radius 3 is 2.57 bits per heavy atom. The Hall–Kier alpha value is 0.0231. The predicted molar refractivity (Wildman–Crippen MR) is 51.0 cm³/mol. The maximum atomic E-state index is 5.62. The number of benzene rings is 1. The molecule has 1 atom stereocenters. The molecule has 3 heteroatoms. The van der Waals surface area contributed by atoms with Crippen LogP contribution < -0.4 is 0 Å². The summed E-state index contributed by atoms with van der Waals surface area (Å²) in [4.78, 5) is 0. The molecule has 0 radical (unpaired) electrons. The van der Waals surface area contributed by atoms with Gasteiger partial charge in [-0.1, -0.05) is 0 Å². The summed E-state index contributed by atoms with van der Waals surface area (Å²) in [6.45, 7) is 2.77. The van der Waals surface area contributed by atoms with Crippen molar-refractivity contribution in [2.75, 3.05) is 0 Å². The van der Waals surface area contributed by atoms with Crippen LogP contribution in [-0.2, 0) is 39.3 Å². The van der Waals surface area contributed by atoms with E-state index >= 15 is 0 Å². The molecule has 0 fully saturated rings. The fourth-order valence-corrected chi connectivity index (χ4v) is 1.63. The first-order valence-corrected chi connectivity index (χ1v) is 5.85. The summed E-state index contributed by atoms with van der Waals surface area (Å²) in [7, 11) is 0. The molecule has 0 heterocycles. The SMILES string of the molecule is CCCC([O][Zr])OCc1ccccc1. The average Bonchev–Trinajstić information content (AvgIpc) is 2.25. The summed E-state index contributed by atoms with van der Waals surface area (Å²) in [6.07, 6.45) is 2.03. The van der Waals surface area contributed by atoms with Gasteiger partial charge < -0.3 is 0 Å². The molecule has 0 aliphatic carbocycles. The van der Waals surface area contributed by atoms with Crippen molar-refractivity contribution in [3.05, 3.63) is 35.9 Å². The summed E-state index contributed by atoms with van der Waals surface area (Å²) in [5, 5.41) is 0. The Morgan fingerprint density at radius 1 is 1.29 bits per heavy atom. The van der Waals surface area contributed by atoms with E-state index in [4.69, 9.17) is 7.55 Å². The van der Waals surface area contributed by atoms with Gasteiger partial charge in [0.25, 0.3) is 0 Å². The molecule has 1 aromatic rings. The molecule has 0 spiro atoms. The molecule has 1 unspecified atom stereocenters. The second kappa shape index (κ2) is 7.33. The van der Waals surface area contributed by atoms with E-state index in [0.29, 0.717) is 6.61 Å². The van der Waals surface area contributed by atoms with Crippen LogP contribution in [0, 0.1) is 0 Å². The van der Waals surface area contributed by atoms with Crippen LogP contribution in [0.25, 0.3) is 0 Å². The van der Waals surface area contributed by atoms with Gasteiger partial charge in [-0.15, -0.1) is 0 Å². The van der Waals surface area contributed by atoms with Gasteiger partial charge in [-0.3, -0.25) is 0 Å². The van der Waals surface area contributed by atoms with Gasteiger partial charge in [0.15, 0.2) is 0 Å². The molecule has 0 aliphatic rings. The third-order valence-electron chi connectivity index (χ3n) is 1.93. The van der Waals surface area contributed by atoms with E-state index in [1.807, 2.05) is 18.2 Å². The maximum absolute atomic E-state index is 5.62. The Labute approximate surface area is 101 Å². The second-order valence-electron chi connectivity index (χ2n) is 3.13. The van der Waals surface area contributed by atoms with E-state index < -0.39 is 0 Å². The zero-order valence-electron chi connectivity index (χ0n) is 8.40. The molecular formula is C11H15O2Zr. The number of hydrogen-bond acceptors (Lipinski definition) is 2. The van der Waals surface area contributed by atoms with Crippen LogP contribution in [0.3, 0.4) is 0 Å². The summed E-state index contributed by atoms with van der Waals surface area (Å²) < 4.78 is 10.9. The second-order valence-corrected chi connectivity index (χ2v) is 3.71. The molecule has 0 saturated carbocycles. The summed E-state index contributed by atoms with van der Waals surface area (Å²) in [5.41, 5.74) is 1.20. The fraction of sp³-hybridized carbons (Fsp3) is 0.455. The van der Waals surface area contributed by atoms with Gasteiger partial charge in [0.05, 0.1) is 0 Å². The van der Waals surface area contributed by atoms with Gasteiger partial charge >= 0.3 is 101 Å². The van der Waals surface area contributed by atoms with Crippen LogP contribution in [-0.4, -0.2) is 6.29 Å². The molecule has 1 rings (SSSR count). The molecule has 0 bridgehead atoms. The first-order valence-electron chi connectivity index (χ1n) is 4.84. The van der Waals surface area contributed by atoms with E-state index in [9.17, 15) is 0 Å². The van der Waals surface area contributed by atoms with Crippen molar-refractivity contribution in [2.45, 2.75) is 32.7 Å². The van der Waals surface area contributed by atoms with Crippen LogP contribution >= 0.6 is 0 Å². The van der Waals surface area contributed by atoms with E-state index in [-0.39, 0.29) is 6.29 Å². The van der Waals surface area contributed by atoms with E-state index in [1.54, 1.807) is 0 Å². The molecule has 0 saturated heterocycles. The van der Waals surface area contributed by atoms with Crippen LogP contribution in [0.1, 0.15) is 25.3 Å². The van der Waals surface area contributed by atoms with Gasteiger partial charge in [0.1, 0.15) is 0 Å². The van der Waals surface area contributed by atoms with Gasteiger partial charge in [-0.05, 0) is 0 Å². The predicted octanol–water partition coefficient (Wildman–Crippen LogP) is 2.81. The van der Waals surface area contributed by atoms with Gasteiger partial charge in [0, 0.05) is 0 Å². The van der Waals surface area contributed by atoms with Crippen molar-refractivity contribution < 1.29 is 32.7 Å². The van der Waals surface area contributed by atoms with Crippen LogP contribution in [0.5, 0.6) is 0 Å².